The smallest absolute Gasteiger partial charge is 0.257 e. The Morgan fingerprint density at radius 2 is 2.15 bits per heavy atom. The lowest BCUT2D eigenvalue weighted by atomic mass is 10.0. The molecule has 0 radical (unpaired) electrons. The van der Waals surface area contributed by atoms with Crippen LogP contribution in [0.5, 0.6) is 0 Å². The van der Waals surface area contributed by atoms with Gasteiger partial charge >= 0.3 is 0 Å². The van der Waals surface area contributed by atoms with Gasteiger partial charge in [0, 0.05) is 14.9 Å². The number of aryl methyl sites for hydroxylation is 3. The molecule has 0 spiro atoms. The number of aromatic nitrogens is 1. The van der Waals surface area contributed by atoms with Crippen molar-refractivity contribution in [2.24, 2.45) is 0 Å². The third kappa shape index (κ3) is 2.79. The van der Waals surface area contributed by atoms with Crippen molar-refractivity contribution in [2.45, 2.75) is 32.6 Å². The zero-order chi connectivity index (χ0) is 14.1. The van der Waals surface area contributed by atoms with Crippen molar-refractivity contribution < 1.29 is 4.79 Å². The Hall–Kier alpha value is -1.20. The van der Waals surface area contributed by atoms with Gasteiger partial charge < -0.3 is 0 Å². The predicted molar refractivity (Wildman–Crippen MR) is 85.6 cm³/mol. The normalized spacial score (nSPS) is 13.9. The zero-order valence-corrected chi connectivity index (χ0v) is 13.6. The van der Waals surface area contributed by atoms with Gasteiger partial charge in [-0.05, 0) is 50.3 Å². The largest absolute Gasteiger partial charge is 0.298 e. The van der Waals surface area contributed by atoms with Gasteiger partial charge in [0.25, 0.3) is 5.91 Å². The number of fused-ring (bicyclic) bond motifs is 1. The van der Waals surface area contributed by atoms with Crippen molar-refractivity contribution in [3.63, 3.8) is 0 Å². The van der Waals surface area contributed by atoms with Crippen molar-refractivity contribution in [3.05, 3.63) is 44.4 Å². The molecular weight excluding hydrogens is 336 g/mol. The molecule has 0 bridgehead atoms. The van der Waals surface area contributed by atoms with E-state index in [1.807, 2.05) is 25.1 Å². The highest BCUT2D eigenvalue weighted by Gasteiger charge is 2.17. The molecule has 1 aliphatic carbocycles. The van der Waals surface area contributed by atoms with Gasteiger partial charge in [0.2, 0.25) is 0 Å². The molecule has 5 heteroatoms. The monoisotopic (exact) mass is 350 g/mol. The number of thiazole rings is 1. The summed E-state index contributed by atoms with van der Waals surface area (Å²) in [5.74, 6) is -0.100. The lowest BCUT2D eigenvalue weighted by molar-refractivity contribution is 0.102. The maximum absolute atomic E-state index is 12.2. The minimum atomic E-state index is -0.100. The third-order valence-electron chi connectivity index (χ3n) is 3.50. The first kappa shape index (κ1) is 13.8. The molecule has 20 heavy (non-hydrogen) atoms. The Balaban J connectivity index is 1.78. The maximum Gasteiger partial charge on any atom is 0.257 e. The van der Waals surface area contributed by atoms with Crippen molar-refractivity contribution in [1.82, 2.24) is 4.98 Å². The van der Waals surface area contributed by atoms with E-state index in [-0.39, 0.29) is 5.91 Å². The lowest BCUT2D eigenvalue weighted by Gasteiger charge is -2.06. The second-order valence-corrected chi connectivity index (χ2v) is 6.95. The van der Waals surface area contributed by atoms with Crippen LogP contribution in [0.2, 0.25) is 0 Å². The number of amides is 1. The van der Waals surface area contributed by atoms with Gasteiger partial charge in [-0.3, -0.25) is 10.1 Å². The van der Waals surface area contributed by atoms with E-state index < -0.39 is 0 Å². The van der Waals surface area contributed by atoms with Crippen LogP contribution < -0.4 is 5.32 Å². The molecule has 1 N–H and O–H groups in total. The summed E-state index contributed by atoms with van der Waals surface area (Å²) in [6, 6.07) is 5.62. The Labute approximate surface area is 130 Å². The topological polar surface area (TPSA) is 42.0 Å². The summed E-state index contributed by atoms with van der Waals surface area (Å²) in [5.41, 5.74) is 2.93. The number of benzene rings is 1. The second-order valence-electron chi connectivity index (χ2n) is 5.01. The fourth-order valence-corrected chi connectivity index (χ4v) is 3.73. The highest BCUT2D eigenvalue weighted by molar-refractivity contribution is 9.10. The highest BCUT2D eigenvalue weighted by Crippen LogP contribution is 2.30. The molecule has 1 aliphatic rings. The van der Waals surface area contributed by atoms with E-state index in [1.54, 1.807) is 11.3 Å². The summed E-state index contributed by atoms with van der Waals surface area (Å²) in [6.07, 6.45) is 4.57. The van der Waals surface area contributed by atoms with Crippen LogP contribution in [0.4, 0.5) is 5.13 Å². The van der Waals surface area contributed by atoms with Crippen LogP contribution in [0.15, 0.2) is 22.7 Å². The fraction of sp³-hybridized carbons (Fsp3) is 0.333. The van der Waals surface area contributed by atoms with Gasteiger partial charge in [-0.2, -0.15) is 0 Å². The van der Waals surface area contributed by atoms with Gasteiger partial charge in [-0.25, -0.2) is 4.98 Å². The molecule has 0 fully saturated rings. The first-order valence-corrected chi connectivity index (χ1v) is 8.30. The first-order chi connectivity index (χ1) is 9.63. The molecule has 0 saturated carbocycles. The average Bonchev–Trinajstić information content (AvgIpc) is 2.83. The number of carbonyl (C=O) groups is 1. The molecule has 104 valence electrons. The number of nitrogens with zero attached hydrogens (tertiary/aromatic N) is 1. The van der Waals surface area contributed by atoms with E-state index in [2.05, 4.69) is 26.2 Å². The van der Waals surface area contributed by atoms with Crippen molar-refractivity contribution in [2.75, 3.05) is 5.32 Å². The molecule has 0 saturated heterocycles. The van der Waals surface area contributed by atoms with E-state index in [4.69, 9.17) is 0 Å². The van der Waals surface area contributed by atoms with Crippen molar-refractivity contribution in [1.29, 1.82) is 0 Å². The Morgan fingerprint density at radius 3 is 2.90 bits per heavy atom. The van der Waals surface area contributed by atoms with Gasteiger partial charge in [0.05, 0.1) is 5.69 Å². The third-order valence-corrected chi connectivity index (χ3v) is 5.43. The van der Waals surface area contributed by atoms with E-state index in [1.165, 1.54) is 23.4 Å². The summed E-state index contributed by atoms with van der Waals surface area (Å²) in [5, 5.41) is 3.63. The summed E-state index contributed by atoms with van der Waals surface area (Å²) in [6.45, 7) is 2.00. The van der Waals surface area contributed by atoms with Gasteiger partial charge in [-0.1, -0.05) is 22.0 Å². The Bertz CT molecular complexity index is 642. The molecule has 0 aliphatic heterocycles. The molecule has 2 aromatic rings. The standard InChI is InChI=1S/C15H15BrN2OS/c1-9-6-7-10(8-11(9)16)14(19)18-15-17-12-4-2-3-5-13(12)20-15/h6-8H,2-5H2,1H3,(H,17,18,19). The predicted octanol–water partition coefficient (Wildman–Crippen LogP) is 4.35. The minimum Gasteiger partial charge on any atom is -0.298 e. The molecule has 3 nitrogen and oxygen atoms in total. The number of halogens is 1. The molecule has 0 atom stereocenters. The number of anilines is 1. The van der Waals surface area contributed by atoms with Crippen LogP contribution in [-0.4, -0.2) is 10.9 Å². The Kier molecular flexibility index (Phi) is 3.89. The molecule has 0 unspecified atom stereocenters. The van der Waals surface area contributed by atoms with E-state index in [9.17, 15) is 4.79 Å². The number of hydrogen-bond donors (Lipinski definition) is 1. The SMILES string of the molecule is Cc1ccc(C(=O)Nc2nc3c(s2)CCCC3)cc1Br. The summed E-state index contributed by atoms with van der Waals surface area (Å²) >= 11 is 5.06. The molecule has 1 aromatic carbocycles. The van der Waals surface area contributed by atoms with Crippen LogP contribution in [0.3, 0.4) is 0 Å². The van der Waals surface area contributed by atoms with Crippen LogP contribution in [-0.2, 0) is 12.8 Å². The van der Waals surface area contributed by atoms with E-state index >= 15 is 0 Å². The zero-order valence-electron chi connectivity index (χ0n) is 11.2. The second kappa shape index (κ2) is 5.66. The van der Waals surface area contributed by atoms with E-state index in [0.29, 0.717) is 5.56 Å². The fourth-order valence-electron chi connectivity index (χ4n) is 2.31. The van der Waals surface area contributed by atoms with Crippen LogP contribution >= 0.6 is 27.3 Å². The number of rotatable bonds is 2. The minimum absolute atomic E-state index is 0.100. The van der Waals surface area contributed by atoms with Crippen LogP contribution in [0.1, 0.15) is 39.3 Å². The molecule has 1 aromatic heterocycles. The van der Waals surface area contributed by atoms with Gasteiger partial charge in [0.15, 0.2) is 5.13 Å². The summed E-state index contributed by atoms with van der Waals surface area (Å²) in [4.78, 5) is 18.1. The van der Waals surface area contributed by atoms with Gasteiger partial charge in [0.1, 0.15) is 0 Å². The van der Waals surface area contributed by atoms with Crippen molar-refractivity contribution >= 4 is 38.3 Å². The highest BCUT2D eigenvalue weighted by atomic mass is 79.9. The Morgan fingerprint density at radius 1 is 1.35 bits per heavy atom. The lowest BCUT2D eigenvalue weighted by Crippen LogP contribution is -2.11. The average molecular weight is 351 g/mol. The number of carbonyl (C=O) groups excluding carboxylic acids is 1. The molecule has 3 rings (SSSR count). The number of nitrogens with one attached hydrogen (secondary N) is 1. The maximum atomic E-state index is 12.2. The van der Waals surface area contributed by atoms with Crippen LogP contribution in [0, 0.1) is 6.92 Å². The number of hydrogen-bond acceptors (Lipinski definition) is 3. The van der Waals surface area contributed by atoms with E-state index in [0.717, 1.165) is 28.0 Å². The molecule has 1 amide bonds. The van der Waals surface area contributed by atoms with Gasteiger partial charge in [-0.15, -0.1) is 11.3 Å². The quantitative estimate of drug-likeness (QED) is 0.874. The molecular formula is C15H15BrN2OS. The summed E-state index contributed by atoms with van der Waals surface area (Å²) in [7, 11) is 0. The summed E-state index contributed by atoms with van der Waals surface area (Å²) < 4.78 is 0.948. The van der Waals surface area contributed by atoms with Crippen molar-refractivity contribution in [3.8, 4) is 0 Å². The first-order valence-electron chi connectivity index (χ1n) is 6.69. The molecule has 1 heterocycles. The van der Waals surface area contributed by atoms with Crippen LogP contribution in [0.25, 0.3) is 0 Å².